The molecule has 0 saturated carbocycles. The molecule has 1 spiro atoms. The van der Waals surface area contributed by atoms with Gasteiger partial charge in [0.2, 0.25) is 5.91 Å². The molecule has 0 unspecified atom stereocenters. The number of hydrogen-bond donors (Lipinski definition) is 0. The van der Waals surface area contributed by atoms with Gasteiger partial charge in [0.15, 0.2) is 9.84 Å². The van der Waals surface area contributed by atoms with E-state index in [9.17, 15) is 13.2 Å². The number of amides is 1. The number of carbonyl (C=O) groups excluding carboxylic acids is 1. The lowest BCUT2D eigenvalue weighted by atomic mass is 9.83. The summed E-state index contributed by atoms with van der Waals surface area (Å²) in [5.74, 6) is 0.0836. The van der Waals surface area contributed by atoms with E-state index in [1.54, 1.807) is 17.2 Å². The van der Waals surface area contributed by atoms with Gasteiger partial charge in [-0.3, -0.25) is 4.79 Å². The Morgan fingerprint density at radius 2 is 2.20 bits per heavy atom. The van der Waals surface area contributed by atoms with Gasteiger partial charge in [-0.15, -0.1) is 0 Å². The van der Waals surface area contributed by atoms with E-state index in [0.717, 1.165) is 18.5 Å². The zero-order valence-electron chi connectivity index (χ0n) is 14.8. The van der Waals surface area contributed by atoms with Crippen molar-refractivity contribution in [3.05, 3.63) is 18.0 Å². The van der Waals surface area contributed by atoms with Crippen molar-refractivity contribution >= 4 is 15.7 Å². The van der Waals surface area contributed by atoms with Gasteiger partial charge >= 0.3 is 6.01 Å². The molecule has 0 N–H and O–H groups in total. The second kappa shape index (κ2) is 6.90. The fourth-order valence-electron chi connectivity index (χ4n) is 3.64. The van der Waals surface area contributed by atoms with Crippen LogP contribution in [0.1, 0.15) is 38.3 Å². The maximum atomic E-state index is 12.6. The van der Waals surface area contributed by atoms with Crippen molar-refractivity contribution in [1.82, 2.24) is 14.9 Å². The number of aromatic nitrogens is 2. The van der Waals surface area contributed by atoms with E-state index < -0.39 is 14.6 Å². The Kier molecular flexibility index (Phi) is 4.99. The van der Waals surface area contributed by atoms with Crippen LogP contribution in [0.2, 0.25) is 0 Å². The van der Waals surface area contributed by atoms with Crippen LogP contribution >= 0.6 is 0 Å². The van der Waals surface area contributed by atoms with Crippen LogP contribution in [0.3, 0.4) is 0 Å². The molecule has 1 atom stereocenters. The van der Waals surface area contributed by atoms with E-state index in [-0.39, 0.29) is 30.2 Å². The van der Waals surface area contributed by atoms with Crippen molar-refractivity contribution < 1.29 is 17.9 Å². The van der Waals surface area contributed by atoms with E-state index >= 15 is 0 Å². The van der Waals surface area contributed by atoms with Crippen molar-refractivity contribution in [2.24, 2.45) is 5.92 Å². The maximum Gasteiger partial charge on any atom is 0.316 e. The van der Waals surface area contributed by atoms with Gasteiger partial charge in [0.1, 0.15) is 4.75 Å². The molecule has 2 fully saturated rings. The number of unbranched alkanes of at least 4 members (excludes halogenated alkanes) is 1. The lowest BCUT2D eigenvalue weighted by molar-refractivity contribution is -0.137. The van der Waals surface area contributed by atoms with Crippen LogP contribution in [0.4, 0.5) is 0 Å². The van der Waals surface area contributed by atoms with Crippen molar-refractivity contribution in [1.29, 1.82) is 0 Å². The third kappa shape index (κ3) is 3.36. The SMILES string of the molecule is CCCCC(=O)N1CC2(C1)[C@H](COc1nccc(C)n1)CCS2(=O)=O. The van der Waals surface area contributed by atoms with Gasteiger partial charge in [0.05, 0.1) is 12.4 Å². The first-order valence-corrected chi connectivity index (χ1v) is 10.5. The molecule has 0 radical (unpaired) electrons. The number of aryl methyl sites for hydroxylation is 1. The quantitative estimate of drug-likeness (QED) is 0.754. The smallest absolute Gasteiger partial charge is 0.316 e. The minimum absolute atomic E-state index is 0.0521. The molecule has 2 aliphatic heterocycles. The van der Waals surface area contributed by atoms with Crippen molar-refractivity contribution in [3.8, 4) is 6.01 Å². The predicted molar refractivity (Wildman–Crippen MR) is 93.0 cm³/mol. The molecule has 1 amide bonds. The Labute approximate surface area is 148 Å². The molecule has 138 valence electrons. The zero-order chi connectivity index (χ0) is 18.1. The lowest BCUT2D eigenvalue weighted by Gasteiger charge is -2.49. The highest BCUT2D eigenvalue weighted by molar-refractivity contribution is 7.93. The molecule has 0 bridgehead atoms. The number of ether oxygens (including phenoxy) is 1. The van der Waals surface area contributed by atoms with Gasteiger partial charge in [-0.2, -0.15) is 0 Å². The first-order valence-electron chi connectivity index (χ1n) is 8.80. The molecule has 8 heteroatoms. The van der Waals surface area contributed by atoms with Crippen LogP contribution in [0.15, 0.2) is 12.3 Å². The lowest BCUT2D eigenvalue weighted by Crippen LogP contribution is -2.68. The summed E-state index contributed by atoms with van der Waals surface area (Å²) < 4.78 is 30.0. The molecule has 1 aromatic heterocycles. The van der Waals surface area contributed by atoms with Crippen LogP contribution in [-0.2, 0) is 14.6 Å². The highest BCUT2D eigenvalue weighted by Gasteiger charge is 2.62. The molecule has 7 nitrogen and oxygen atoms in total. The van der Waals surface area contributed by atoms with Gasteiger partial charge in [0, 0.05) is 37.3 Å². The predicted octanol–water partition coefficient (Wildman–Crippen LogP) is 1.37. The molecular formula is C17H25N3O4S. The summed E-state index contributed by atoms with van der Waals surface area (Å²) >= 11 is 0. The first kappa shape index (κ1) is 18.1. The highest BCUT2D eigenvalue weighted by Crippen LogP contribution is 2.45. The first-order chi connectivity index (χ1) is 11.9. The largest absolute Gasteiger partial charge is 0.463 e. The fourth-order valence-corrected chi connectivity index (χ4v) is 6.04. The van der Waals surface area contributed by atoms with Crippen molar-refractivity contribution in [2.45, 2.75) is 44.3 Å². The summed E-state index contributed by atoms with van der Waals surface area (Å²) in [4.78, 5) is 22.1. The molecule has 0 aromatic carbocycles. The Balaban J connectivity index is 1.65. The Morgan fingerprint density at radius 3 is 2.88 bits per heavy atom. The van der Waals surface area contributed by atoms with Crippen LogP contribution in [0.5, 0.6) is 6.01 Å². The number of sulfone groups is 1. The summed E-state index contributed by atoms with van der Waals surface area (Å²) in [7, 11) is -3.21. The zero-order valence-corrected chi connectivity index (χ0v) is 15.6. The van der Waals surface area contributed by atoms with Crippen LogP contribution in [-0.4, -0.2) is 59.4 Å². The number of carbonyl (C=O) groups is 1. The Morgan fingerprint density at radius 1 is 1.44 bits per heavy atom. The van der Waals surface area contributed by atoms with Crippen LogP contribution in [0, 0.1) is 12.8 Å². The molecule has 3 rings (SSSR count). The van der Waals surface area contributed by atoms with Crippen molar-refractivity contribution in [2.75, 3.05) is 25.4 Å². The fraction of sp³-hybridized carbons (Fsp3) is 0.706. The minimum Gasteiger partial charge on any atom is -0.463 e. The van der Waals surface area contributed by atoms with Gasteiger partial charge in [-0.1, -0.05) is 13.3 Å². The van der Waals surface area contributed by atoms with Gasteiger partial charge < -0.3 is 9.64 Å². The molecular weight excluding hydrogens is 342 g/mol. The second-order valence-corrected chi connectivity index (χ2v) is 9.46. The molecule has 0 aliphatic carbocycles. The topological polar surface area (TPSA) is 89.5 Å². The minimum atomic E-state index is -3.21. The van der Waals surface area contributed by atoms with Crippen molar-refractivity contribution in [3.63, 3.8) is 0 Å². The average Bonchev–Trinajstić information content (AvgIpc) is 2.80. The molecule has 1 aromatic rings. The van der Waals surface area contributed by atoms with E-state index in [0.29, 0.717) is 25.9 Å². The molecule has 3 heterocycles. The summed E-state index contributed by atoms with van der Waals surface area (Å²) in [6.45, 7) is 4.73. The maximum absolute atomic E-state index is 12.6. The van der Waals surface area contributed by atoms with E-state index in [1.165, 1.54) is 0 Å². The number of nitrogens with zero attached hydrogens (tertiary/aromatic N) is 3. The monoisotopic (exact) mass is 367 g/mol. The van der Waals surface area contributed by atoms with Gasteiger partial charge in [-0.25, -0.2) is 18.4 Å². The van der Waals surface area contributed by atoms with Gasteiger partial charge in [0.25, 0.3) is 0 Å². The van der Waals surface area contributed by atoms with Crippen LogP contribution in [0.25, 0.3) is 0 Å². The molecule has 25 heavy (non-hydrogen) atoms. The second-order valence-electron chi connectivity index (χ2n) is 7.01. The number of hydrogen-bond acceptors (Lipinski definition) is 6. The molecule has 2 aliphatic rings. The number of rotatable bonds is 6. The summed E-state index contributed by atoms with van der Waals surface area (Å²) in [6.07, 6.45) is 4.47. The molecule has 2 saturated heterocycles. The standard InChI is InChI=1S/C17H25N3O4S/c1-3-4-5-15(21)20-11-17(12-20)14(7-9-25(17,22)23)10-24-16-18-8-6-13(2)19-16/h6,8,14H,3-5,7,9-12H2,1-2H3/t14-/m0/s1. The van der Waals surface area contributed by atoms with E-state index in [2.05, 4.69) is 9.97 Å². The third-order valence-corrected chi connectivity index (χ3v) is 7.90. The van der Waals surface area contributed by atoms with E-state index in [4.69, 9.17) is 4.74 Å². The van der Waals surface area contributed by atoms with Gasteiger partial charge in [-0.05, 0) is 25.8 Å². The Bertz CT molecular complexity index is 744. The third-order valence-electron chi connectivity index (χ3n) is 5.30. The normalized spacial score (nSPS) is 23.4. The average molecular weight is 367 g/mol. The number of likely N-dealkylation sites (tertiary alicyclic amines) is 1. The summed E-state index contributed by atoms with van der Waals surface area (Å²) in [5, 5.41) is 0. The Hall–Kier alpha value is -1.70. The van der Waals surface area contributed by atoms with E-state index in [1.807, 2.05) is 13.8 Å². The summed E-state index contributed by atoms with van der Waals surface area (Å²) in [6, 6.07) is 2.05. The summed E-state index contributed by atoms with van der Waals surface area (Å²) in [5.41, 5.74) is 0.801. The highest BCUT2D eigenvalue weighted by atomic mass is 32.2. The van der Waals surface area contributed by atoms with Crippen LogP contribution < -0.4 is 4.74 Å².